The molecule has 4 aromatic heterocycles. The van der Waals surface area contributed by atoms with E-state index in [0.717, 1.165) is 60.0 Å². The zero-order valence-electron chi connectivity index (χ0n) is 17.9. The number of anilines is 1. The van der Waals surface area contributed by atoms with Crippen molar-refractivity contribution in [3.63, 3.8) is 0 Å². The first kappa shape index (κ1) is 19.5. The van der Waals surface area contributed by atoms with Crippen molar-refractivity contribution in [2.45, 2.75) is 45.6 Å². The van der Waals surface area contributed by atoms with Crippen LogP contribution in [-0.4, -0.2) is 54.5 Å². The summed E-state index contributed by atoms with van der Waals surface area (Å²) in [5, 5.41) is 8.65. The Morgan fingerprint density at radius 3 is 2.90 bits per heavy atom. The minimum atomic E-state index is 0.0647. The first-order valence-corrected chi connectivity index (χ1v) is 11.0. The molecule has 1 aliphatic heterocycles. The van der Waals surface area contributed by atoms with Crippen molar-refractivity contribution in [2.75, 3.05) is 18.4 Å². The largest absolute Gasteiger partial charge is 0.352 e. The molecular formula is C23H27N7O. The monoisotopic (exact) mass is 417 g/mol. The Bertz CT molecular complexity index is 1240. The summed E-state index contributed by atoms with van der Waals surface area (Å²) in [5.41, 5.74) is 4.26. The van der Waals surface area contributed by atoms with Gasteiger partial charge < -0.3 is 15.2 Å². The van der Waals surface area contributed by atoms with Gasteiger partial charge in [-0.05, 0) is 50.3 Å². The normalized spacial score (nSPS) is 15.5. The Morgan fingerprint density at radius 2 is 2.10 bits per heavy atom. The summed E-state index contributed by atoms with van der Waals surface area (Å²) in [5.74, 6) is 0.686. The molecule has 5 rings (SSSR count). The number of pyridine rings is 1. The number of H-pyrrole nitrogens is 1. The first-order valence-electron chi connectivity index (χ1n) is 11.0. The Kier molecular flexibility index (Phi) is 5.05. The number of nitrogens with zero attached hydrogens (tertiary/aromatic N) is 5. The molecule has 1 aliphatic rings. The Morgan fingerprint density at radius 1 is 1.26 bits per heavy atom. The smallest absolute Gasteiger partial charge is 0.257 e. The molecule has 0 aromatic carbocycles. The molecule has 31 heavy (non-hydrogen) atoms. The minimum absolute atomic E-state index is 0.0647. The molecule has 2 N–H and O–H groups in total. The van der Waals surface area contributed by atoms with Crippen LogP contribution in [-0.2, 0) is 0 Å². The lowest BCUT2D eigenvalue weighted by molar-refractivity contribution is 0.0726. The van der Waals surface area contributed by atoms with Crippen molar-refractivity contribution in [1.82, 2.24) is 29.5 Å². The molecule has 0 bridgehead atoms. The zero-order valence-corrected chi connectivity index (χ0v) is 17.9. The average molecular weight is 418 g/mol. The van der Waals surface area contributed by atoms with Crippen LogP contribution in [0.5, 0.6) is 0 Å². The molecule has 0 saturated carbocycles. The third-order valence-electron chi connectivity index (χ3n) is 6.13. The summed E-state index contributed by atoms with van der Waals surface area (Å²) in [4.78, 5) is 27.4. The number of fused-ring (bicyclic) bond motifs is 2. The second-order valence-electron chi connectivity index (χ2n) is 8.27. The fraction of sp³-hybridized carbons (Fsp3) is 0.391. The molecule has 0 radical (unpaired) electrons. The van der Waals surface area contributed by atoms with Gasteiger partial charge in [-0.2, -0.15) is 10.1 Å². The number of aromatic nitrogens is 5. The SMILES string of the molecule is CCC(C)Nc1ncc2c(-c3ccn4ncc(C(=O)N5CCCCC5)c4c3)c[nH]c2n1. The van der Waals surface area contributed by atoms with Gasteiger partial charge in [0.15, 0.2) is 0 Å². The highest BCUT2D eigenvalue weighted by atomic mass is 16.2. The van der Waals surface area contributed by atoms with Crippen molar-refractivity contribution in [2.24, 2.45) is 0 Å². The molecular weight excluding hydrogens is 390 g/mol. The number of aromatic amines is 1. The first-order chi connectivity index (χ1) is 15.1. The van der Waals surface area contributed by atoms with Gasteiger partial charge >= 0.3 is 0 Å². The highest BCUT2D eigenvalue weighted by Gasteiger charge is 2.22. The predicted molar refractivity (Wildman–Crippen MR) is 121 cm³/mol. The number of nitrogens with one attached hydrogen (secondary N) is 2. The van der Waals surface area contributed by atoms with Crippen LogP contribution in [0.3, 0.4) is 0 Å². The second kappa shape index (κ2) is 8.02. The van der Waals surface area contributed by atoms with Crippen molar-refractivity contribution < 1.29 is 4.79 Å². The summed E-state index contributed by atoms with van der Waals surface area (Å²) in [6.07, 6.45) is 11.7. The summed E-state index contributed by atoms with van der Waals surface area (Å²) < 4.78 is 1.76. The van der Waals surface area contributed by atoms with E-state index in [1.807, 2.05) is 35.6 Å². The Balaban J connectivity index is 1.50. The summed E-state index contributed by atoms with van der Waals surface area (Å²) >= 11 is 0. The Hall–Kier alpha value is -3.42. The molecule has 1 atom stereocenters. The van der Waals surface area contributed by atoms with E-state index in [-0.39, 0.29) is 5.91 Å². The summed E-state index contributed by atoms with van der Waals surface area (Å²) in [6, 6.07) is 4.34. The molecule has 1 unspecified atom stereocenters. The van der Waals surface area contributed by atoms with E-state index < -0.39 is 0 Å². The van der Waals surface area contributed by atoms with Crippen LogP contribution >= 0.6 is 0 Å². The maximum absolute atomic E-state index is 13.1. The van der Waals surface area contributed by atoms with E-state index >= 15 is 0 Å². The molecule has 0 spiro atoms. The average Bonchev–Trinajstić information content (AvgIpc) is 3.42. The maximum atomic E-state index is 13.1. The lowest BCUT2D eigenvalue weighted by atomic mass is 10.1. The van der Waals surface area contributed by atoms with Crippen LogP contribution in [0.25, 0.3) is 27.7 Å². The van der Waals surface area contributed by atoms with Crippen molar-refractivity contribution >= 4 is 28.4 Å². The zero-order chi connectivity index (χ0) is 21.4. The van der Waals surface area contributed by atoms with Crippen LogP contribution in [0.2, 0.25) is 0 Å². The lowest BCUT2D eigenvalue weighted by Crippen LogP contribution is -2.35. The van der Waals surface area contributed by atoms with Gasteiger partial charge in [0.2, 0.25) is 5.95 Å². The molecule has 160 valence electrons. The van der Waals surface area contributed by atoms with Crippen molar-refractivity contribution in [3.05, 3.63) is 42.5 Å². The van der Waals surface area contributed by atoms with E-state index in [9.17, 15) is 4.79 Å². The highest BCUT2D eigenvalue weighted by Crippen LogP contribution is 2.30. The van der Waals surface area contributed by atoms with Crippen LogP contribution in [0.1, 0.15) is 49.9 Å². The fourth-order valence-corrected chi connectivity index (χ4v) is 4.12. The standard InChI is InChI=1S/C23H27N7O/c1-3-15(2)27-23-25-13-18-17(12-24-21(18)28-23)16-7-10-30-20(11-16)19(14-26-30)22(31)29-8-5-4-6-9-29/h7,10-15H,3-6,8-9H2,1-2H3,(H2,24,25,27,28). The second-order valence-corrected chi connectivity index (χ2v) is 8.27. The molecule has 0 aliphatic carbocycles. The quantitative estimate of drug-likeness (QED) is 0.510. The summed E-state index contributed by atoms with van der Waals surface area (Å²) in [6.45, 7) is 5.88. The molecule has 1 fully saturated rings. The van der Waals surface area contributed by atoms with Gasteiger partial charge in [0.1, 0.15) is 5.65 Å². The predicted octanol–water partition coefficient (Wildman–Crippen LogP) is 4.11. The number of carbonyl (C=O) groups excluding carboxylic acids is 1. The van der Waals surface area contributed by atoms with Crippen LogP contribution in [0, 0.1) is 0 Å². The van der Waals surface area contributed by atoms with E-state index in [0.29, 0.717) is 17.6 Å². The molecule has 8 heteroatoms. The van der Waals surface area contributed by atoms with Crippen LogP contribution in [0.15, 0.2) is 36.9 Å². The maximum Gasteiger partial charge on any atom is 0.257 e. The molecule has 1 amide bonds. The van der Waals surface area contributed by atoms with E-state index in [1.54, 1.807) is 10.7 Å². The van der Waals surface area contributed by atoms with Gasteiger partial charge in [-0.15, -0.1) is 0 Å². The van der Waals surface area contributed by atoms with Crippen LogP contribution in [0.4, 0.5) is 5.95 Å². The van der Waals surface area contributed by atoms with Gasteiger partial charge in [-0.3, -0.25) is 4.79 Å². The highest BCUT2D eigenvalue weighted by molar-refractivity contribution is 6.02. The third-order valence-corrected chi connectivity index (χ3v) is 6.13. The van der Waals surface area contributed by atoms with Gasteiger partial charge in [0.25, 0.3) is 5.91 Å². The molecule has 4 aromatic rings. The molecule has 1 saturated heterocycles. The number of amides is 1. The lowest BCUT2D eigenvalue weighted by Gasteiger charge is -2.26. The molecule has 5 heterocycles. The van der Waals surface area contributed by atoms with E-state index in [2.05, 4.69) is 39.2 Å². The summed E-state index contributed by atoms with van der Waals surface area (Å²) in [7, 11) is 0. The third kappa shape index (κ3) is 3.62. The van der Waals surface area contributed by atoms with Gasteiger partial charge in [0.05, 0.1) is 17.3 Å². The van der Waals surface area contributed by atoms with E-state index in [1.165, 1.54) is 6.42 Å². The molecule has 8 nitrogen and oxygen atoms in total. The van der Waals surface area contributed by atoms with Gasteiger partial charge in [-0.25, -0.2) is 9.50 Å². The number of hydrogen-bond donors (Lipinski definition) is 2. The van der Waals surface area contributed by atoms with Gasteiger partial charge in [-0.1, -0.05) is 6.92 Å². The topological polar surface area (TPSA) is 91.2 Å². The van der Waals surface area contributed by atoms with Gasteiger partial charge in [0, 0.05) is 48.7 Å². The van der Waals surface area contributed by atoms with Crippen LogP contribution < -0.4 is 5.32 Å². The Labute approximate surface area is 180 Å². The number of carbonyl (C=O) groups is 1. The van der Waals surface area contributed by atoms with Crippen molar-refractivity contribution in [3.8, 4) is 11.1 Å². The number of rotatable bonds is 5. The fourth-order valence-electron chi connectivity index (χ4n) is 4.12. The number of hydrogen-bond acceptors (Lipinski definition) is 5. The van der Waals surface area contributed by atoms with Crippen molar-refractivity contribution in [1.29, 1.82) is 0 Å². The number of piperidine rings is 1. The number of likely N-dealkylation sites (tertiary alicyclic amines) is 1. The minimum Gasteiger partial charge on any atom is -0.352 e. The van der Waals surface area contributed by atoms with E-state index in [4.69, 9.17) is 0 Å².